The molecular formula is C21H25IN4S. The molecule has 0 spiro atoms. The maximum Gasteiger partial charge on any atom is 0.191 e. The second kappa shape index (κ2) is 11.0. The summed E-state index contributed by atoms with van der Waals surface area (Å²) in [6, 6.07) is 21.2. The molecule has 6 heteroatoms. The summed E-state index contributed by atoms with van der Waals surface area (Å²) in [5.41, 5.74) is 5.54. The summed E-state index contributed by atoms with van der Waals surface area (Å²) in [5.74, 6) is 1.07. The van der Waals surface area contributed by atoms with E-state index in [1.807, 2.05) is 12.4 Å². The minimum atomic E-state index is 0. The molecule has 0 amide bonds. The van der Waals surface area contributed by atoms with Gasteiger partial charge in [0.2, 0.25) is 0 Å². The summed E-state index contributed by atoms with van der Waals surface area (Å²) >= 11 is 1.66. The van der Waals surface area contributed by atoms with E-state index in [0.29, 0.717) is 0 Å². The summed E-state index contributed by atoms with van der Waals surface area (Å²) in [6.45, 7) is 3.54. The zero-order chi connectivity index (χ0) is 18.2. The summed E-state index contributed by atoms with van der Waals surface area (Å²) in [6.07, 6.45) is 0. The molecule has 0 fully saturated rings. The topological polar surface area (TPSA) is 49.3 Å². The zero-order valence-electron chi connectivity index (χ0n) is 15.6. The number of rotatable bonds is 6. The molecule has 1 heterocycles. The third-order valence-corrected chi connectivity index (χ3v) is 5.30. The van der Waals surface area contributed by atoms with Crippen molar-refractivity contribution in [3.8, 4) is 0 Å². The molecule has 4 nitrogen and oxygen atoms in total. The van der Waals surface area contributed by atoms with E-state index in [4.69, 9.17) is 0 Å². The normalized spacial score (nSPS) is 11.1. The van der Waals surface area contributed by atoms with Gasteiger partial charge in [-0.15, -0.1) is 35.3 Å². The molecule has 0 aliphatic heterocycles. The molecular weight excluding hydrogens is 467 g/mol. The van der Waals surface area contributed by atoms with E-state index in [9.17, 15) is 0 Å². The summed E-state index contributed by atoms with van der Waals surface area (Å²) in [4.78, 5) is 9.88. The first-order valence-electron chi connectivity index (χ1n) is 8.71. The van der Waals surface area contributed by atoms with Crippen LogP contribution in [0.4, 0.5) is 0 Å². The second-order valence-electron chi connectivity index (χ2n) is 6.04. The van der Waals surface area contributed by atoms with Gasteiger partial charge in [-0.3, -0.25) is 4.99 Å². The number of nitrogens with one attached hydrogen (secondary N) is 2. The van der Waals surface area contributed by atoms with Gasteiger partial charge in [0.15, 0.2) is 5.96 Å². The molecule has 3 aromatic rings. The first-order chi connectivity index (χ1) is 12.8. The highest BCUT2D eigenvalue weighted by atomic mass is 127. The van der Waals surface area contributed by atoms with Crippen molar-refractivity contribution in [2.45, 2.75) is 19.4 Å². The molecule has 0 aliphatic rings. The third kappa shape index (κ3) is 6.04. The summed E-state index contributed by atoms with van der Waals surface area (Å²) < 4.78 is 0. The van der Waals surface area contributed by atoms with E-state index >= 15 is 0 Å². The fourth-order valence-electron chi connectivity index (χ4n) is 2.88. The van der Waals surface area contributed by atoms with Gasteiger partial charge < -0.3 is 10.6 Å². The van der Waals surface area contributed by atoms with Crippen molar-refractivity contribution < 1.29 is 0 Å². The number of benzene rings is 2. The standard InChI is InChI=1S/C21H24N4S.HI/c1-16-20(26-15-25-16)14-24-21(22-2)23-13-19(17-9-5-3-6-10-17)18-11-7-4-8-12-18;/h3-12,15,19H,13-14H2,1-2H3,(H2,22,23,24);1H. The molecule has 0 aliphatic carbocycles. The average Bonchev–Trinajstić information content (AvgIpc) is 3.11. The van der Waals surface area contributed by atoms with Crippen LogP contribution in [0.25, 0.3) is 0 Å². The molecule has 1 aromatic heterocycles. The largest absolute Gasteiger partial charge is 0.355 e. The number of aliphatic imine (C=N–C) groups is 1. The van der Waals surface area contributed by atoms with Crippen LogP contribution in [0.3, 0.4) is 0 Å². The van der Waals surface area contributed by atoms with E-state index < -0.39 is 0 Å². The van der Waals surface area contributed by atoms with Crippen LogP contribution in [-0.4, -0.2) is 24.5 Å². The Labute approximate surface area is 182 Å². The lowest BCUT2D eigenvalue weighted by molar-refractivity contribution is 0.729. The highest BCUT2D eigenvalue weighted by Crippen LogP contribution is 2.23. The van der Waals surface area contributed by atoms with Crippen LogP contribution in [0.5, 0.6) is 0 Å². The molecule has 0 saturated heterocycles. The molecule has 0 radical (unpaired) electrons. The average molecular weight is 492 g/mol. The van der Waals surface area contributed by atoms with Crippen LogP contribution in [0, 0.1) is 6.92 Å². The number of halogens is 1. The van der Waals surface area contributed by atoms with Gasteiger partial charge in [0.05, 0.1) is 17.7 Å². The number of hydrogen-bond donors (Lipinski definition) is 2. The van der Waals surface area contributed by atoms with E-state index in [-0.39, 0.29) is 29.9 Å². The van der Waals surface area contributed by atoms with E-state index in [1.165, 1.54) is 16.0 Å². The molecule has 0 unspecified atom stereocenters. The number of aryl methyl sites for hydroxylation is 1. The van der Waals surface area contributed by atoms with Gasteiger partial charge in [0.1, 0.15) is 0 Å². The summed E-state index contributed by atoms with van der Waals surface area (Å²) in [5, 5.41) is 6.85. The molecule has 0 atom stereocenters. The molecule has 2 aromatic carbocycles. The summed E-state index contributed by atoms with van der Waals surface area (Å²) in [7, 11) is 1.80. The lowest BCUT2D eigenvalue weighted by Gasteiger charge is -2.20. The number of nitrogens with zero attached hydrogens (tertiary/aromatic N) is 2. The monoisotopic (exact) mass is 492 g/mol. The van der Waals surface area contributed by atoms with Crippen molar-refractivity contribution in [2.75, 3.05) is 13.6 Å². The smallest absolute Gasteiger partial charge is 0.191 e. The maximum atomic E-state index is 4.36. The molecule has 3 rings (SSSR count). The molecule has 27 heavy (non-hydrogen) atoms. The van der Waals surface area contributed by atoms with Gasteiger partial charge in [-0.25, -0.2) is 4.98 Å². The lowest BCUT2D eigenvalue weighted by atomic mass is 9.91. The number of hydrogen-bond acceptors (Lipinski definition) is 3. The Morgan fingerprint density at radius 2 is 1.59 bits per heavy atom. The first-order valence-corrected chi connectivity index (χ1v) is 9.59. The Morgan fingerprint density at radius 3 is 2.07 bits per heavy atom. The van der Waals surface area contributed by atoms with Gasteiger partial charge in [0, 0.05) is 24.4 Å². The van der Waals surface area contributed by atoms with Crippen LogP contribution < -0.4 is 10.6 Å². The van der Waals surface area contributed by atoms with Crippen LogP contribution in [0.2, 0.25) is 0 Å². The molecule has 0 bridgehead atoms. The van der Waals surface area contributed by atoms with Crippen molar-refractivity contribution in [1.82, 2.24) is 15.6 Å². The molecule has 2 N–H and O–H groups in total. The minimum Gasteiger partial charge on any atom is -0.355 e. The molecule has 0 saturated carbocycles. The number of aromatic nitrogens is 1. The van der Waals surface area contributed by atoms with Crippen LogP contribution >= 0.6 is 35.3 Å². The van der Waals surface area contributed by atoms with E-state index in [0.717, 1.165) is 24.7 Å². The van der Waals surface area contributed by atoms with E-state index in [1.54, 1.807) is 18.4 Å². The Morgan fingerprint density at radius 1 is 1.00 bits per heavy atom. The predicted molar refractivity (Wildman–Crippen MR) is 125 cm³/mol. The minimum absolute atomic E-state index is 0. The van der Waals surface area contributed by atoms with Crippen LogP contribution in [0.1, 0.15) is 27.6 Å². The first kappa shape index (κ1) is 21.4. The number of thiazole rings is 1. The highest BCUT2D eigenvalue weighted by Gasteiger charge is 2.14. The van der Waals surface area contributed by atoms with Gasteiger partial charge in [-0.2, -0.15) is 0 Å². The van der Waals surface area contributed by atoms with Crippen molar-refractivity contribution in [1.29, 1.82) is 0 Å². The van der Waals surface area contributed by atoms with Gasteiger partial charge in [-0.1, -0.05) is 60.7 Å². The second-order valence-corrected chi connectivity index (χ2v) is 6.98. The van der Waals surface area contributed by atoms with Crippen LogP contribution in [-0.2, 0) is 6.54 Å². The van der Waals surface area contributed by atoms with E-state index in [2.05, 4.69) is 81.3 Å². The van der Waals surface area contributed by atoms with Crippen LogP contribution in [0.15, 0.2) is 71.2 Å². The Bertz CT molecular complexity index is 794. The fourth-order valence-corrected chi connectivity index (χ4v) is 3.59. The van der Waals surface area contributed by atoms with Crippen molar-refractivity contribution in [2.24, 2.45) is 4.99 Å². The lowest BCUT2D eigenvalue weighted by Crippen LogP contribution is -2.39. The predicted octanol–water partition coefficient (Wildman–Crippen LogP) is 4.57. The zero-order valence-corrected chi connectivity index (χ0v) is 18.7. The maximum absolute atomic E-state index is 4.36. The highest BCUT2D eigenvalue weighted by molar-refractivity contribution is 14.0. The molecule has 142 valence electrons. The fraction of sp³-hybridized carbons (Fsp3) is 0.238. The Balaban J connectivity index is 0.00000261. The third-order valence-electron chi connectivity index (χ3n) is 4.36. The van der Waals surface area contributed by atoms with Gasteiger partial charge in [-0.05, 0) is 18.1 Å². The SMILES string of the molecule is CN=C(NCc1scnc1C)NCC(c1ccccc1)c1ccccc1.I. The van der Waals surface area contributed by atoms with Crippen molar-refractivity contribution in [3.63, 3.8) is 0 Å². The quantitative estimate of drug-likeness (QED) is 0.301. The Hall–Kier alpha value is -1.93. The Kier molecular flexibility index (Phi) is 8.74. The number of guanidine groups is 1. The van der Waals surface area contributed by atoms with Gasteiger partial charge >= 0.3 is 0 Å². The van der Waals surface area contributed by atoms with Crippen molar-refractivity contribution in [3.05, 3.63) is 87.9 Å². The van der Waals surface area contributed by atoms with Crippen molar-refractivity contribution >= 4 is 41.3 Å². The van der Waals surface area contributed by atoms with Gasteiger partial charge in [0.25, 0.3) is 0 Å².